The highest BCUT2D eigenvalue weighted by molar-refractivity contribution is 5.74. The summed E-state index contributed by atoms with van der Waals surface area (Å²) in [5.41, 5.74) is 8.71. The first-order valence-corrected chi connectivity index (χ1v) is 12.0. The average Bonchev–Trinajstić information content (AvgIpc) is 2.93. The van der Waals surface area contributed by atoms with E-state index in [2.05, 4.69) is 105 Å². The second-order valence-electron chi connectivity index (χ2n) is 8.97. The first-order valence-electron chi connectivity index (χ1n) is 12.0. The van der Waals surface area contributed by atoms with Crippen LogP contribution in [0.15, 0.2) is 115 Å². The molecule has 0 unspecified atom stereocenters. The summed E-state index contributed by atoms with van der Waals surface area (Å²) in [5, 5.41) is 0. The largest absolute Gasteiger partial charge is 0.228 e. The summed E-state index contributed by atoms with van der Waals surface area (Å²) in [5.74, 6) is 1.28. The highest BCUT2D eigenvalue weighted by atomic mass is 14.9. The Balaban J connectivity index is 1.45. The minimum absolute atomic E-state index is 0.548. The normalized spacial score (nSPS) is 11.3. The zero-order valence-electron chi connectivity index (χ0n) is 20.1. The maximum Gasteiger partial charge on any atom is 0.160 e. The Kier molecular flexibility index (Phi) is 6.63. The van der Waals surface area contributed by atoms with Crippen molar-refractivity contribution in [2.75, 3.05) is 0 Å². The van der Waals surface area contributed by atoms with Gasteiger partial charge >= 0.3 is 0 Å². The van der Waals surface area contributed by atoms with E-state index in [1.165, 1.54) is 11.1 Å². The summed E-state index contributed by atoms with van der Waals surface area (Å²) < 4.78 is 0. The van der Waals surface area contributed by atoms with Gasteiger partial charge in [0.05, 0.1) is 11.4 Å². The van der Waals surface area contributed by atoms with Gasteiger partial charge in [-0.1, -0.05) is 135 Å². The van der Waals surface area contributed by atoms with E-state index in [4.69, 9.17) is 9.97 Å². The number of hydrogen-bond donors (Lipinski definition) is 0. The van der Waals surface area contributed by atoms with Gasteiger partial charge in [-0.2, -0.15) is 0 Å². The van der Waals surface area contributed by atoms with Gasteiger partial charge < -0.3 is 0 Å². The first kappa shape index (κ1) is 22.5. The molecule has 0 aliphatic carbocycles. The third-order valence-electron chi connectivity index (χ3n) is 6.11. The molecule has 0 atom stereocenters. The van der Waals surface area contributed by atoms with Crippen molar-refractivity contribution in [1.82, 2.24) is 9.97 Å². The van der Waals surface area contributed by atoms with Gasteiger partial charge in [0, 0.05) is 16.7 Å². The van der Waals surface area contributed by atoms with Gasteiger partial charge in [0.15, 0.2) is 5.82 Å². The van der Waals surface area contributed by atoms with E-state index in [0.29, 0.717) is 5.92 Å². The Morgan fingerprint density at radius 2 is 0.971 bits per heavy atom. The standard InChI is InChI=1S/C33H28N2/c1-24(2)27-19-15-25(16-20-27)13-14-26-17-21-29(22-18-26)32-23-31(28-9-5-3-6-10-28)34-33(35-32)30-11-7-4-8-12-30/h3-24H,1-2H3/b14-13+. The zero-order chi connectivity index (χ0) is 24.0. The van der Waals surface area contributed by atoms with Crippen molar-refractivity contribution in [2.24, 2.45) is 0 Å². The molecule has 4 aromatic carbocycles. The highest BCUT2D eigenvalue weighted by Gasteiger charge is 2.10. The fourth-order valence-corrected chi connectivity index (χ4v) is 4.02. The van der Waals surface area contributed by atoms with Crippen LogP contribution in [0.5, 0.6) is 0 Å². The molecular weight excluding hydrogens is 424 g/mol. The number of hydrogen-bond acceptors (Lipinski definition) is 2. The number of aromatic nitrogens is 2. The molecule has 0 amide bonds. The van der Waals surface area contributed by atoms with Gasteiger partial charge in [0.1, 0.15) is 0 Å². The smallest absolute Gasteiger partial charge is 0.160 e. The molecule has 0 radical (unpaired) electrons. The summed E-state index contributed by atoms with van der Waals surface area (Å²) in [7, 11) is 0. The van der Waals surface area contributed by atoms with Crippen LogP contribution in [0.2, 0.25) is 0 Å². The van der Waals surface area contributed by atoms with Gasteiger partial charge in [0.2, 0.25) is 0 Å². The lowest BCUT2D eigenvalue weighted by atomic mass is 10.0. The predicted octanol–water partition coefficient (Wildman–Crippen LogP) is 8.77. The van der Waals surface area contributed by atoms with Crippen LogP contribution in [0, 0.1) is 0 Å². The quantitative estimate of drug-likeness (QED) is 0.241. The van der Waals surface area contributed by atoms with Crippen LogP contribution in [0.3, 0.4) is 0 Å². The molecule has 5 rings (SSSR count). The molecule has 0 spiro atoms. The summed E-state index contributed by atoms with van der Waals surface area (Å²) in [6, 6.07) is 39.8. The van der Waals surface area contributed by atoms with E-state index in [1.54, 1.807) is 0 Å². The molecule has 170 valence electrons. The zero-order valence-corrected chi connectivity index (χ0v) is 20.1. The average molecular weight is 453 g/mol. The van der Waals surface area contributed by atoms with Crippen molar-refractivity contribution in [3.05, 3.63) is 132 Å². The van der Waals surface area contributed by atoms with Crippen molar-refractivity contribution in [2.45, 2.75) is 19.8 Å². The second kappa shape index (κ2) is 10.3. The van der Waals surface area contributed by atoms with E-state index in [9.17, 15) is 0 Å². The van der Waals surface area contributed by atoms with Crippen LogP contribution >= 0.6 is 0 Å². The van der Waals surface area contributed by atoms with Crippen molar-refractivity contribution < 1.29 is 0 Å². The van der Waals surface area contributed by atoms with Gasteiger partial charge in [-0.05, 0) is 28.7 Å². The molecule has 35 heavy (non-hydrogen) atoms. The second-order valence-corrected chi connectivity index (χ2v) is 8.97. The maximum atomic E-state index is 4.92. The van der Waals surface area contributed by atoms with E-state index >= 15 is 0 Å². The Hall–Kier alpha value is -4.30. The molecule has 0 saturated carbocycles. The third kappa shape index (κ3) is 5.44. The monoisotopic (exact) mass is 452 g/mol. The molecule has 0 fully saturated rings. The molecule has 1 heterocycles. The predicted molar refractivity (Wildman–Crippen MR) is 148 cm³/mol. The van der Waals surface area contributed by atoms with Crippen LogP contribution in [-0.2, 0) is 0 Å². The molecule has 0 aliphatic heterocycles. The summed E-state index contributed by atoms with van der Waals surface area (Å²) in [4.78, 5) is 9.79. The highest BCUT2D eigenvalue weighted by Crippen LogP contribution is 2.28. The lowest BCUT2D eigenvalue weighted by Gasteiger charge is -2.09. The van der Waals surface area contributed by atoms with E-state index in [-0.39, 0.29) is 0 Å². The maximum absolute atomic E-state index is 4.92. The molecule has 2 heteroatoms. The minimum Gasteiger partial charge on any atom is -0.228 e. The van der Waals surface area contributed by atoms with E-state index in [1.807, 2.05) is 36.4 Å². The molecule has 2 nitrogen and oxygen atoms in total. The van der Waals surface area contributed by atoms with E-state index in [0.717, 1.165) is 39.5 Å². The Labute approximate surface area is 207 Å². The fraction of sp³-hybridized carbons (Fsp3) is 0.0909. The van der Waals surface area contributed by atoms with Gasteiger partial charge in [0.25, 0.3) is 0 Å². The van der Waals surface area contributed by atoms with E-state index < -0.39 is 0 Å². The van der Waals surface area contributed by atoms with Crippen LogP contribution in [0.25, 0.3) is 46.1 Å². The lowest BCUT2D eigenvalue weighted by Crippen LogP contribution is -1.95. The van der Waals surface area contributed by atoms with Gasteiger partial charge in [-0.3, -0.25) is 0 Å². The summed E-state index contributed by atoms with van der Waals surface area (Å²) in [6.07, 6.45) is 4.31. The molecule has 0 saturated heterocycles. The minimum atomic E-state index is 0.548. The van der Waals surface area contributed by atoms with Crippen LogP contribution in [0.4, 0.5) is 0 Å². The molecule has 0 bridgehead atoms. The molecular formula is C33H28N2. The van der Waals surface area contributed by atoms with Gasteiger partial charge in [-0.25, -0.2) is 9.97 Å². The number of rotatable bonds is 6. The van der Waals surface area contributed by atoms with Crippen molar-refractivity contribution in [3.63, 3.8) is 0 Å². The molecule has 0 aliphatic rings. The van der Waals surface area contributed by atoms with Crippen molar-refractivity contribution >= 4 is 12.2 Å². The Morgan fingerprint density at radius 3 is 1.49 bits per heavy atom. The van der Waals surface area contributed by atoms with Gasteiger partial charge in [-0.15, -0.1) is 0 Å². The SMILES string of the molecule is CC(C)c1ccc(/C=C/c2ccc(-c3cc(-c4ccccc4)nc(-c4ccccc4)n3)cc2)cc1. The van der Waals surface area contributed by atoms with Crippen LogP contribution in [0.1, 0.15) is 36.5 Å². The molecule has 5 aromatic rings. The molecule has 1 aromatic heterocycles. The summed E-state index contributed by atoms with van der Waals surface area (Å²) in [6.45, 7) is 4.44. The Bertz CT molecular complexity index is 1360. The Morgan fingerprint density at radius 1 is 0.514 bits per heavy atom. The van der Waals surface area contributed by atoms with Crippen LogP contribution < -0.4 is 0 Å². The third-order valence-corrected chi connectivity index (χ3v) is 6.11. The number of benzene rings is 4. The summed E-state index contributed by atoms with van der Waals surface area (Å²) >= 11 is 0. The van der Waals surface area contributed by atoms with Crippen molar-refractivity contribution in [1.29, 1.82) is 0 Å². The number of nitrogens with zero attached hydrogens (tertiary/aromatic N) is 2. The van der Waals surface area contributed by atoms with Crippen LogP contribution in [-0.4, -0.2) is 9.97 Å². The molecule has 0 N–H and O–H groups in total. The topological polar surface area (TPSA) is 25.8 Å². The lowest BCUT2D eigenvalue weighted by molar-refractivity contribution is 0.866. The fourth-order valence-electron chi connectivity index (χ4n) is 4.02. The first-order chi connectivity index (χ1) is 17.2. The van der Waals surface area contributed by atoms with Crippen molar-refractivity contribution in [3.8, 4) is 33.9 Å².